The van der Waals surface area contributed by atoms with Gasteiger partial charge in [0.15, 0.2) is 0 Å². The van der Waals surface area contributed by atoms with E-state index in [2.05, 4.69) is 42.8 Å². The first-order valence-corrected chi connectivity index (χ1v) is 5.17. The van der Waals surface area contributed by atoms with E-state index in [4.69, 9.17) is 0 Å². The van der Waals surface area contributed by atoms with Gasteiger partial charge in [0.05, 0.1) is 0 Å². The molecule has 0 aliphatic rings. The Morgan fingerprint density at radius 3 is 2.33 bits per heavy atom. The lowest BCUT2D eigenvalue weighted by atomic mass is 10.2. The molecule has 2 heteroatoms. The van der Waals surface area contributed by atoms with E-state index >= 15 is 0 Å². The van der Waals surface area contributed by atoms with Gasteiger partial charge in [0.25, 0.3) is 0 Å². The van der Waals surface area contributed by atoms with E-state index in [9.17, 15) is 0 Å². The lowest BCUT2D eigenvalue weighted by molar-refractivity contribution is 1.03. The van der Waals surface area contributed by atoms with Crippen LogP contribution in [0.2, 0.25) is 0 Å². The summed E-state index contributed by atoms with van der Waals surface area (Å²) in [4.78, 5) is 1.29. The third-order valence-corrected chi connectivity index (χ3v) is 2.61. The second-order valence-electron chi connectivity index (χ2n) is 2.60. The summed E-state index contributed by atoms with van der Waals surface area (Å²) < 4.78 is 3.22. The molecular weight excluding hydrogens is 166 g/mol. The number of rotatable bonds is 4. The van der Waals surface area contributed by atoms with Gasteiger partial charge in [-0.2, -0.15) is 0 Å². The highest BCUT2D eigenvalue weighted by Gasteiger charge is 1.92. The molecule has 0 heterocycles. The van der Waals surface area contributed by atoms with E-state index in [0.717, 1.165) is 13.0 Å². The highest BCUT2D eigenvalue weighted by molar-refractivity contribution is 7.97. The van der Waals surface area contributed by atoms with E-state index < -0.39 is 0 Å². The minimum atomic E-state index is 1.00. The molecule has 12 heavy (non-hydrogen) atoms. The van der Waals surface area contributed by atoms with E-state index in [-0.39, 0.29) is 0 Å². The van der Waals surface area contributed by atoms with Crippen LogP contribution in [0.15, 0.2) is 29.2 Å². The normalized spacial score (nSPS) is 10.2. The van der Waals surface area contributed by atoms with Crippen molar-refractivity contribution < 1.29 is 0 Å². The molecule has 0 atom stereocenters. The van der Waals surface area contributed by atoms with Gasteiger partial charge in [-0.15, -0.1) is 0 Å². The molecule has 1 nitrogen and oxygen atoms in total. The molecule has 1 rings (SSSR count). The highest BCUT2D eigenvalue weighted by Crippen LogP contribution is 2.14. The fourth-order valence-electron chi connectivity index (χ4n) is 0.949. The Balaban J connectivity index is 2.53. The summed E-state index contributed by atoms with van der Waals surface area (Å²) in [6.45, 7) is 5.28. The van der Waals surface area contributed by atoms with Gasteiger partial charge in [-0.25, -0.2) is 0 Å². The van der Waals surface area contributed by atoms with Gasteiger partial charge in [-0.05, 0) is 36.1 Å². The van der Waals surface area contributed by atoms with Crippen molar-refractivity contribution in [3.8, 4) is 0 Å². The van der Waals surface area contributed by atoms with Crippen LogP contribution in [0.3, 0.4) is 0 Å². The molecule has 1 aromatic carbocycles. The van der Waals surface area contributed by atoms with Crippen LogP contribution in [0.5, 0.6) is 0 Å². The van der Waals surface area contributed by atoms with Crippen LogP contribution in [-0.4, -0.2) is 6.54 Å². The van der Waals surface area contributed by atoms with Crippen LogP contribution in [-0.2, 0) is 6.42 Å². The molecule has 0 fully saturated rings. The Hall–Kier alpha value is -0.470. The van der Waals surface area contributed by atoms with Crippen molar-refractivity contribution in [1.29, 1.82) is 0 Å². The largest absolute Gasteiger partial charge is 0.260 e. The zero-order valence-electron chi connectivity index (χ0n) is 7.63. The fourth-order valence-corrected chi connectivity index (χ4v) is 1.53. The van der Waals surface area contributed by atoms with Gasteiger partial charge in [0, 0.05) is 11.4 Å². The average Bonchev–Trinajstić information content (AvgIpc) is 2.15. The molecule has 1 N–H and O–H groups in total. The second kappa shape index (κ2) is 5.22. The number of hydrogen-bond acceptors (Lipinski definition) is 2. The van der Waals surface area contributed by atoms with Crippen LogP contribution in [0.25, 0.3) is 0 Å². The van der Waals surface area contributed by atoms with Crippen LogP contribution < -0.4 is 4.72 Å². The number of benzene rings is 1. The Morgan fingerprint density at radius 2 is 1.83 bits per heavy atom. The molecule has 66 valence electrons. The number of hydrogen-bond donors (Lipinski definition) is 1. The van der Waals surface area contributed by atoms with Crippen LogP contribution in [0.4, 0.5) is 0 Å². The SMILES string of the molecule is CCNSc1ccc(CC)cc1. The number of nitrogens with one attached hydrogen (secondary N) is 1. The maximum absolute atomic E-state index is 3.22. The van der Waals surface area contributed by atoms with Crippen LogP contribution >= 0.6 is 11.9 Å². The van der Waals surface area contributed by atoms with Gasteiger partial charge >= 0.3 is 0 Å². The summed E-state index contributed by atoms with van der Waals surface area (Å²) in [6, 6.07) is 8.68. The van der Waals surface area contributed by atoms with Gasteiger partial charge in [0.1, 0.15) is 0 Å². The van der Waals surface area contributed by atoms with Crippen molar-refractivity contribution in [2.75, 3.05) is 6.54 Å². The van der Waals surface area contributed by atoms with E-state index in [0.29, 0.717) is 0 Å². The van der Waals surface area contributed by atoms with Crippen LogP contribution in [0, 0.1) is 0 Å². The maximum atomic E-state index is 3.22. The molecular formula is C10H15NS. The minimum absolute atomic E-state index is 1.00. The van der Waals surface area contributed by atoms with Crippen molar-refractivity contribution in [2.24, 2.45) is 0 Å². The molecule has 0 saturated carbocycles. The zero-order valence-corrected chi connectivity index (χ0v) is 8.45. The Kier molecular flexibility index (Phi) is 4.19. The molecule has 0 aromatic heterocycles. The first-order valence-electron chi connectivity index (χ1n) is 4.35. The topological polar surface area (TPSA) is 12.0 Å². The summed E-state index contributed by atoms with van der Waals surface area (Å²) in [5.41, 5.74) is 1.40. The summed E-state index contributed by atoms with van der Waals surface area (Å²) in [5, 5.41) is 0. The third kappa shape index (κ3) is 2.88. The monoisotopic (exact) mass is 181 g/mol. The molecule has 1 aromatic rings. The Bertz CT molecular complexity index is 218. The van der Waals surface area contributed by atoms with Crippen molar-refractivity contribution >= 4 is 11.9 Å². The van der Waals surface area contributed by atoms with Gasteiger partial charge in [0.2, 0.25) is 0 Å². The maximum Gasteiger partial charge on any atom is 0.0228 e. The first kappa shape index (κ1) is 9.62. The predicted octanol–water partition coefficient (Wildman–Crippen LogP) is 2.87. The Labute approximate surface area is 78.7 Å². The molecule has 0 amide bonds. The summed E-state index contributed by atoms with van der Waals surface area (Å²) in [7, 11) is 0. The predicted molar refractivity (Wildman–Crippen MR) is 55.4 cm³/mol. The molecule has 0 aliphatic heterocycles. The average molecular weight is 181 g/mol. The smallest absolute Gasteiger partial charge is 0.0228 e. The van der Waals surface area contributed by atoms with E-state index in [1.807, 2.05) is 0 Å². The van der Waals surface area contributed by atoms with E-state index in [1.54, 1.807) is 11.9 Å². The number of aryl methyl sites for hydroxylation is 1. The second-order valence-corrected chi connectivity index (χ2v) is 3.56. The lowest BCUT2D eigenvalue weighted by Crippen LogP contribution is -1.99. The standard InChI is InChI=1S/C10H15NS/c1-3-9-5-7-10(8-6-9)12-11-4-2/h5-8,11H,3-4H2,1-2H3. The third-order valence-electron chi connectivity index (χ3n) is 1.67. The molecule has 0 unspecified atom stereocenters. The van der Waals surface area contributed by atoms with Gasteiger partial charge in [-0.1, -0.05) is 26.0 Å². The molecule has 0 saturated heterocycles. The van der Waals surface area contributed by atoms with Crippen molar-refractivity contribution in [3.63, 3.8) is 0 Å². The summed E-state index contributed by atoms with van der Waals surface area (Å²) in [6.07, 6.45) is 1.12. The Morgan fingerprint density at radius 1 is 1.17 bits per heavy atom. The van der Waals surface area contributed by atoms with E-state index in [1.165, 1.54) is 10.5 Å². The van der Waals surface area contributed by atoms with Crippen molar-refractivity contribution in [2.45, 2.75) is 25.2 Å². The van der Waals surface area contributed by atoms with Crippen molar-refractivity contribution in [3.05, 3.63) is 29.8 Å². The highest BCUT2D eigenvalue weighted by atomic mass is 32.2. The first-order chi connectivity index (χ1) is 5.86. The van der Waals surface area contributed by atoms with Crippen molar-refractivity contribution in [1.82, 2.24) is 4.72 Å². The zero-order chi connectivity index (χ0) is 8.81. The molecule has 0 spiro atoms. The minimum Gasteiger partial charge on any atom is -0.260 e. The van der Waals surface area contributed by atoms with Crippen LogP contribution in [0.1, 0.15) is 19.4 Å². The van der Waals surface area contributed by atoms with Gasteiger partial charge < -0.3 is 0 Å². The molecule has 0 bridgehead atoms. The quantitative estimate of drug-likeness (QED) is 0.717. The molecule has 0 aliphatic carbocycles. The summed E-state index contributed by atoms with van der Waals surface area (Å²) in [5.74, 6) is 0. The summed E-state index contributed by atoms with van der Waals surface area (Å²) >= 11 is 1.69. The molecule has 0 radical (unpaired) electrons. The fraction of sp³-hybridized carbons (Fsp3) is 0.400. The lowest BCUT2D eigenvalue weighted by Gasteiger charge is -2.01. The van der Waals surface area contributed by atoms with Gasteiger partial charge in [-0.3, -0.25) is 4.72 Å².